The van der Waals surface area contributed by atoms with E-state index in [4.69, 9.17) is 0 Å². The molecule has 0 heterocycles. The van der Waals surface area contributed by atoms with Gasteiger partial charge < -0.3 is 0 Å². The Labute approximate surface area is 161 Å². The number of fused-ring (bicyclic) bond motifs is 2. The van der Waals surface area contributed by atoms with Crippen molar-refractivity contribution in [2.45, 2.75) is 38.5 Å². The van der Waals surface area contributed by atoms with Crippen molar-refractivity contribution in [3.8, 4) is 11.1 Å². The molecule has 0 saturated heterocycles. The number of benzene rings is 3. The fraction of sp³-hybridized carbons (Fsp3) is 0.259. The number of rotatable bonds is 2. The monoisotopic (exact) mass is 350 g/mol. The van der Waals surface area contributed by atoms with Gasteiger partial charge in [0, 0.05) is 0 Å². The highest BCUT2D eigenvalue weighted by Gasteiger charge is 2.12. The lowest BCUT2D eigenvalue weighted by Crippen LogP contribution is -2.23. The highest BCUT2D eigenvalue weighted by molar-refractivity contribution is 5.97. The minimum absolute atomic E-state index is 0.755. The maximum atomic E-state index is 2.54. The summed E-state index contributed by atoms with van der Waals surface area (Å²) in [6.07, 6.45) is 15.7. The van der Waals surface area contributed by atoms with Crippen molar-refractivity contribution in [3.05, 3.63) is 82.8 Å². The summed E-state index contributed by atoms with van der Waals surface area (Å²) >= 11 is 0. The van der Waals surface area contributed by atoms with E-state index in [9.17, 15) is 0 Å². The number of allylic oxidation sites excluding steroid dienone is 2. The molecule has 0 radical (unpaired) electrons. The van der Waals surface area contributed by atoms with Gasteiger partial charge in [0.15, 0.2) is 0 Å². The Morgan fingerprint density at radius 2 is 1.41 bits per heavy atom. The molecule has 1 fully saturated rings. The summed E-state index contributed by atoms with van der Waals surface area (Å²) in [6.45, 7) is 0. The van der Waals surface area contributed by atoms with Crippen molar-refractivity contribution in [2.75, 3.05) is 0 Å². The molecule has 0 aliphatic heterocycles. The third-order valence-corrected chi connectivity index (χ3v) is 6.18. The second-order valence-corrected chi connectivity index (χ2v) is 8.04. The largest absolute Gasteiger partial charge is 0.0741 e. The van der Waals surface area contributed by atoms with Crippen LogP contribution in [-0.2, 0) is 0 Å². The van der Waals surface area contributed by atoms with Gasteiger partial charge in [-0.15, -0.1) is 0 Å². The van der Waals surface area contributed by atoms with Crippen molar-refractivity contribution < 1.29 is 0 Å². The molecule has 2 aliphatic rings. The molecule has 5 rings (SSSR count). The third kappa shape index (κ3) is 3.25. The van der Waals surface area contributed by atoms with Gasteiger partial charge in [0.2, 0.25) is 0 Å². The van der Waals surface area contributed by atoms with E-state index in [2.05, 4.69) is 78.9 Å². The van der Waals surface area contributed by atoms with Gasteiger partial charge in [-0.2, -0.15) is 0 Å². The summed E-state index contributed by atoms with van der Waals surface area (Å²) in [5.41, 5.74) is 4.10. The van der Waals surface area contributed by atoms with Gasteiger partial charge in [0.05, 0.1) is 0 Å². The second-order valence-electron chi connectivity index (χ2n) is 8.04. The van der Waals surface area contributed by atoms with Crippen LogP contribution in [0, 0.1) is 5.92 Å². The molecule has 0 bridgehead atoms. The van der Waals surface area contributed by atoms with Crippen LogP contribution in [0.15, 0.2) is 72.3 Å². The van der Waals surface area contributed by atoms with Gasteiger partial charge in [-0.05, 0) is 68.8 Å². The van der Waals surface area contributed by atoms with E-state index in [-0.39, 0.29) is 0 Å². The summed E-state index contributed by atoms with van der Waals surface area (Å²) in [6, 6.07) is 22.1. The van der Waals surface area contributed by atoms with E-state index in [0.29, 0.717) is 0 Å². The van der Waals surface area contributed by atoms with Gasteiger partial charge in [-0.3, -0.25) is 0 Å². The molecule has 3 aromatic carbocycles. The van der Waals surface area contributed by atoms with E-state index >= 15 is 0 Å². The van der Waals surface area contributed by atoms with Crippen molar-refractivity contribution in [1.29, 1.82) is 0 Å². The lowest BCUT2D eigenvalue weighted by atomic mass is 9.96. The highest BCUT2D eigenvalue weighted by atomic mass is 14.2. The van der Waals surface area contributed by atoms with Crippen molar-refractivity contribution >= 4 is 22.9 Å². The fourth-order valence-corrected chi connectivity index (χ4v) is 4.80. The molecule has 2 aliphatic carbocycles. The SMILES string of the molecule is C(=C1C=c2cccc(-c3cccc4ccccc34)c2=C1)C1CCCCCC1. The first kappa shape index (κ1) is 16.6. The molecule has 0 aromatic heterocycles. The Bertz CT molecular complexity index is 1120. The van der Waals surface area contributed by atoms with Crippen molar-refractivity contribution in [2.24, 2.45) is 5.92 Å². The molecule has 1 saturated carbocycles. The lowest BCUT2D eigenvalue weighted by molar-refractivity contribution is 0.558. The van der Waals surface area contributed by atoms with Crippen molar-refractivity contribution in [3.63, 3.8) is 0 Å². The predicted octanol–water partition coefficient (Wildman–Crippen LogP) is 5.98. The van der Waals surface area contributed by atoms with E-state index in [1.54, 1.807) is 0 Å². The van der Waals surface area contributed by atoms with Crippen LogP contribution in [0.25, 0.3) is 34.1 Å². The predicted molar refractivity (Wildman–Crippen MR) is 117 cm³/mol. The van der Waals surface area contributed by atoms with Gasteiger partial charge >= 0.3 is 0 Å². The van der Waals surface area contributed by atoms with Gasteiger partial charge in [-0.1, -0.05) is 92.4 Å². The second kappa shape index (κ2) is 7.19. The molecule has 0 amide bonds. The fourth-order valence-electron chi connectivity index (χ4n) is 4.80. The molecular formula is C27H26. The summed E-state index contributed by atoms with van der Waals surface area (Å²) < 4.78 is 0. The Balaban J connectivity index is 1.62. The molecule has 0 spiro atoms. The van der Waals surface area contributed by atoms with Gasteiger partial charge in [0.25, 0.3) is 0 Å². The quantitative estimate of drug-likeness (QED) is 0.499. The maximum Gasteiger partial charge on any atom is -0.00990 e. The zero-order valence-corrected chi connectivity index (χ0v) is 15.8. The summed E-state index contributed by atoms with van der Waals surface area (Å²) in [5, 5.41) is 5.39. The minimum atomic E-state index is 0.755. The van der Waals surface area contributed by atoms with Crippen LogP contribution in [0.1, 0.15) is 38.5 Å². The van der Waals surface area contributed by atoms with Gasteiger partial charge in [-0.25, -0.2) is 0 Å². The zero-order valence-electron chi connectivity index (χ0n) is 15.8. The minimum Gasteiger partial charge on any atom is -0.0741 e. The van der Waals surface area contributed by atoms with E-state index < -0.39 is 0 Å². The average Bonchev–Trinajstić information content (AvgIpc) is 2.94. The smallest absolute Gasteiger partial charge is 0.00990 e. The van der Waals surface area contributed by atoms with E-state index in [1.807, 2.05) is 0 Å². The maximum absolute atomic E-state index is 2.54. The molecule has 0 unspecified atom stereocenters. The molecule has 0 nitrogen and oxygen atoms in total. The van der Waals surface area contributed by atoms with Crippen LogP contribution in [-0.4, -0.2) is 0 Å². The molecule has 134 valence electrons. The summed E-state index contributed by atoms with van der Waals surface area (Å²) in [7, 11) is 0. The Hall–Kier alpha value is -2.60. The molecule has 0 atom stereocenters. The summed E-state index contributed by atoms with van der Waals surface area (Å²) in [4.78, 5) is 0. The Kier molecular flexibility index (Phi) is 4.41. The molecular weight excluding hydrogens is 324 g/mol. The van der Waals surface area contributed by atoms with Gasteiger partial charge in [0.1, 0.15) is 0 Å². The van der Waals surface area contributed by atoms with Crippen LogP contribution in [0.4, 0.5) is 0 Å². The Morgan fingerprint density at radius 1 is 0.667 bits per heavy atom. The van der Waals surface area contributed by atoms with Crippen LogP contribution in [0.5, 0.6) is 0 Å². The molecule has 27 heavy (non-hydrogen) atoms. The first-order valence-electron chi connectivity index (χ1n) is 10.4. The van der Waals surface area contributed by atoms with Crippen LogP contribution >= 0.6 is 0 Å². The van der Waals surface area contributed by atoms with Crippen LogP contribution < -0.4 is 10.4 Å². The first-order chi connectivity index (χ1) is 13.4. The Morgan fingerprint density at radius 3 is 2.30 bits per heavy atom. The lowest BCUT2D eigenvalue weighted by Gasteiger charge is -2.08. The number of hydrogen-bond donors (Lipinski definition) is 0. The van der Waals surface area contributed by atoms with E-state index in [0.717, 1.165) is 5.92 Å². The van der Waals surface area contributed by atoms with Crippen molar-refractivity contribution in [1.82, 2.24) is 0 Å². The third-order valence-electron chi connectivity index (χ3n) is 6.18. The molecule has 3 aromatic rings. The van der Waals surface area contributed by atoms with E-state index in [1.165, 1.54) is 76.4 Å². The normalized spacial score (nSPS) is 18.7. The number of hydrogen-bond acceptors (Lipinski definition) is 0. The molecule has 0 heteroatoms. The zero-order chi connectivity index (χ0) is 18.1. The van der Waals surface area contributed by atoms with Crippen LogP contribution in [0.3, 0.4) is 0 Å². The summed E-state index contributed by atoms with van der Waals surface area (Å²) in [5.74, 6) is 0.755. The molecule has 0 N–H and O–H groups in total. The standard InChI is InChI=1S/C27H26/c1-2-4-10-20(9-3-1)17-21-18-23-13-8-16-26(27(23)19-21)25-15-7-12-22-11-5-6-14-24(22)25/h5-8,11-20H,1-4,9-10H2. The topological polar surface area (TPSA) is 0 Å². The van der Waals surface area contributed by atoms with Crippen LogP contribution in [0.2, 0.25) is 0 Å². The average molecular weight is 351 g/mol. The highest BCUT2D eigenvalue weighted by Crippen LogP contribution is 2.28. The first-order valence-corrected chi connectivity index (χ1v) is 10.4.